The van der Waals surface area contributed by atoms with Gasteiger partial charge >= 0.3 is 6.18 Å². The second kappa shape index (κ2) is 7.73. The zero-order chi connectivity index (χ0) is 22.5. The van der Waals surface area contributed by atoms with E-state index in [0.717, 1.165) is 55.4 Å². The predicted molar refractivity (Wildman–Crippen MR) is 112 cm³/mol. The summed E-state index contributed by atoms with van der Waals surface area (Å²) >= 11 is 0. The fraction of sp³-hybridized carbons (Fsp3) is 0.429. The second-order valence-corrected chi connectivity index (χ2v) is 7.99. The van der Waals surface area contributed by atoms with Crippen LogP contribution in [0, 0.1) is 6.92 Å². The third-order valence-electron chi connectivity index (χ3n) is 5.84. The van der Waals surface area contributed by atoms with Crippen molar-refractivity contribution in [3.05, 3.63) is 36.5 Å². The van der Waals surface area contributed by atoms with Gasteiger partial charge in [0.05, 0.1) is 17.2 Å². The average Bonchev–Trinajstić information content (AvgIpc) is 3.32. The largest absolute Gasteiger partial charge is 0.408 e. The molecule has 168 valence electrons. The maximum absolute atomic E-state index is 12.8. The van der Waals surface area contributed by atoms with Crippen molar-refractivity contribution in [3.8, 4) is 11.1 Å². The molecule has 0 spiro atoms. The number of halogens is 3. The summed E-state index contributed by atoms with van der Waals surface area (Å²) in [5, 5.41) is 6.47. The quantitative estimate of drug-likeness (QED) is 0.508. The number of nitrogens with one attached hydrogen (secondary N) is 1. The molecular formula is C21H22F3N7O. The molecule has 1 aliphatic rings. The Bertz CT molecular complexity index is 1270. The minimum absolute atomic E-state index is 0.0914. The highest BCUT2D eigenvalue weighted by Crippen LogP contribution is 2.31. The molecule has 1 saturated heterocycles. The van der Waals surface area contributed by atoms with Crippen LogP contribution in [0.3, 0.4) is 0 Å². The molecule has 4 aromatic rings. The topological polar surface area (TPSA) is 82.2 Å². The Balaban J connectivity index is 1.51. The summed E-state index contributed by atoms with van der Waals surface area (Å²) in [4.78, 5) is 13.2. The Labute approximate surface area is 181 Å². The molecule has 0 amide bonds. The Morgan fingerprint density at radius 1 is 1.16 bits per heavy atom. The lowest BCUT2D eigenvalue weighted by Crippen LogP contribution is -2.33. The third-order valence-corrected chi connectivity index (χ3v) is 5.84. The minimum Gasteiger partial charge on any atom is -0.381 e. The highest BCUT2D eigenvalue weighted by Gasteiger charge is 2.36. The van der Waals surface area contributed by atoms with Crippen molar-refractivity contribution in [2.24, 2.45) is 0 Å². The van der Waals surface area contributed by atoms with Gasteiger partial charge < -0.3 is 14.6 Å². The van der Waals surface area contributed by atoms with E-state index in [-0.39, 0.29) is 5.95 Å². The average molecular weight is 445 g/mol. The van der Waals surface area contributed by atoms with E-state index in [4.69, 9.17) is 4.74 Å². The van der Waals surface area contributed by atoms with Crippen LogP contribution in [0.1, 0.15) is 31.6 Å². The highest BCUT2D eigenvalue weighted by atomic mass is 19.4. The first-order chi connectivity index (χ1) is 15.3. The van der Waals surface area contributed by atoms with Crippen molar-refractivity contribution in [1.82, 2.24) is 29.1 Å². The molecule has 1 atom stereocenters. The standard InChI is InChI=1S/C21H22F3N7O/c1-12(21(22,23)24)27-20-26-11-18-16(3-6-30(18)29-20)14-9-17-19(25-10-14)28-13(2)31(17)15-4-7-32-8-5-15/h3,6,9-12,15H,4-5,7-8H2,1-2H3,(H,27,29)/t12-/m1/s1. The van der Waals surface area contributed by atoms with Crippen LogP contribution in [-0.2, 0) is 4.74 Å². The fourth-order valence-corrected chi connectivity index (χ4v) is 4.13. The van der Waals surface area contributed by atoms with Crippen molar-refractivity contribution in [3.63, 3.8) is 0 Å². The number of hydrogen-bond acceptors (Lipinski definition) is 6. The second-order valence-electron chi connectivity index (χ2n) is 7.99. The molecule has 4 aromatic heterocycles. The summed E-state index contributed by atoms with van der Waals surface area (Å²) in [5.74, 6) is 0.822. The molecule has 0 unspecified atom stereocenters. The van der Waals surface area contributed by atoms with Gasteiger partial charge in [0.1, 0.15) is 11.9 Å². The molecule has 1 N–H and O–H groups in total. The first-order valence-corrected chi connectivity index (χ1v) is 10.4. The maximum Gasteiger partial charge on any atom is 0.408 e. The molecule has 0 aliphatic carbocycles. The van der Waals surface area contributed by atoms with E-state index in [9.17, 15) is 13.2 Å². The van der Waals surface area contributed by atoms with Gasteiger partial charge in [0.2, 0.25) is 5.95 Å². The van der Waals surface area contributed by atoms with Crippen molar-refractivity contribution >= 4 is 22.6 Å². The molecule has 0 radical (unpaired) electrons. The summed E-state index contributed by atoms with van der Waals surface area (Å²) in [6, 6.07) is 2.45. The number of anilines is 1. The number of aryl methyl sites for hydroxylation is 1. The van der Waals surface area contributed by atoms with Crippen LogP contribution < -0.4 is 5.32 Å². The number of imidazole rings is 1. The fourth-order valence-electron chi connectivity index (χ4n) is 4.13. The number of nitrogens with zero attached hydrogens (tertiary/aromatic N) is 6. The lowest BCUT2D eigenvalue weighted by atomic mass is 10.1. The summed E-state index contributed by atoms with van der Waals surface area (Å²) in [5.41, 5.74) is 4.01. The number of rotatable bonds is 4. The van der Waals surface area contributed by atoms with Gasteiger partial charge in [0.25, 0.3) is 0 Å². The first kappa shape index (κ1) is 20.7. The van der Waals surface area contributed by atoms with Crippen molar-refractivity contribution < 1.29 is 17.9 Å². The van der Waals surface area contributed by atoms with E-state index < -0.39 is 12.2 Å². The summed E-state index contributed by atoms with van der Waals surface area (Å²) in [6.07, 6.45) is 2.42. The number of fused-ring (bicyclic) bond motifs is 2. The minimum atomic E-state index is -4.38. The molecule has 5 heterocycles. The van der Waals surface area contributed by atoms with Crippen molar-refractivity contribution in [2.75, 3.05) is 18.5 Å². The van der Waals surface area contributed by atoms with E-state index in [1.807, 2.05) is 19.1 Å². The van der Waals surface area contributed by atoms with Gasteiger partial charge in [-0.3, -0.25) is 0 Å². The number of ether oxygens (including phenoxy) is 1. The smallest absolute Gasteiger partial charge is 0.381 e. The molecule has 8 nitrogen and oxygen atoms in total. The molecule has 5 rings (SSSR count). The molecule has 11 heteroatoms. The molecular weight excluding hydrogens is 423 g/mol. The lowest BCUT2D eigenvalue weighted by Gasteiger charge is -2.25. The number of hydrogen-bond donors (Lipinski definition) is 1. The molecule has 0 saturated carbocycles. The van der Waals surface area contributed by atoms with Gasteiger partial charge in [0, 0.05) is 42.8 Å². The molecule has 1 aliphatic heterocycles. The van der Waals surface area contributed by atoms with Crippen LogP contribution in [0.25, 0.3) is 27.8 Å². The summed E-state index contributed by atoms with van der Waals surface area (Å²) < 4.78 is 47.7. The Hall–Kier alpha value is -3.21. The predicted octanol–water partition coefficient (Wildman–Crippen LogP) is 4.16. The Kier molecular flexibility index (Phi) is 5.00. The van der Waals surface area contributed by atoms with Crippen LogP contribution in [0.15, 0.2) is 30.7 Å². The van der Waals surface area contributed by atoms with E-state index in [1.165, 1.54) is 10.7 Å². The van der Waals surface area contributed by atoms with Gasteiger partial charge in [-0.25, -0.2) is 19.5 Å². The van der Waals surface area contributed by atoms with Gasteiger partial charge in [-0.1, -0.05) is 0 Å². The molecule has 32 heavy (non-hydrogen) atoms. The van der Waals surface area contributed by atoms with Crippen LogP contribution in [0.2, 0.25) is 0 Å². The van der Waals surface area contributed by atoms with E-state index in [0.29, 0.717) is 17.2 Å². The first-order valence-electron chi connectivity index (χ1n) is 10.4. The van der Waals surface area contributed by atoms with Gasteiger partial charge in [-0.15, -0.1) is 5.10 Å². The number of aromatic nitrogens is 6. The van der Waals surface area contributed by atoms with Gasteiger partial charge in [-0.2, -0.15) is 13.2 Å². The Morgan fingerprint density at radius 2 is 1.94 bits per heavy atom. The molecule has 1 fully saturated rings. The maximum atomic E-state index is 12.8. The Morgan fingerprint density at radius 3 is 2.69 bits per heavy atom. The highest BCUT2D eigenvalue weighted by molar-refractivity contribution is 5.85. The van der Waals surface area contributed by atoms with Crippen LogP contribution >= 0.6 is 0 Å². The summed E-state index contributed by atoms with van der Waals surface area (Å²) in [7, 11) is 0. The number of pyridine rings is 1. The van der Waals surface area contributed by atoms with Crippen LogP contribution in [0.4, 0.5) is 19.1 Å². The van der Waals surface area contributed by atoms with Crippen molar-refractivity contribution in [2.45, 2.75) is 44.9 Å². The monoisotopic (exact) mass is 445 g/mol. The van der Waals surface area contributed by atoms with Gasteiger partial charge in [0.15, 0.2) is 5.65 Å². The third kappa shape index (κ3) is 3.66. The van der Waals surface area contributed by atoms with Crippen LogP contribution in [-0.4, -0.2) is 54.6 Å². The van der Waals surface area contributed by atoms with E-state index in [1.54, 1.807) is 12.4 Å². The SMILES string of the molecule is Cc1nc2ncc(-c3ccn4nc(N[C@H](C)C(F)(F)F)ncc34)cc2n1C1CCOCC1. The lowest BCUT2D eigenvalue weighted by molar-refractivity contribution is -0.138. The van der Waals surface area contributed by atoms with Crippen molar-refractivity contribution in [1.29, 1.82) is 0 Å². The summed E-state index contributed by atoms with van der Waals surface area (Å²) in [6.45, 7) is 4.46. The molecule has 0 aromatic carbocycles. The number of alkyl halides is 3. The zero-order valence-corrected chi connectivity index (χ0v) is 17.6. The van der Waals surface area contributed by atoms with E-state index in [2.05, 4.69) is 29.9 Å². The molecule has 0 bridgehead atoms. The van der Waals surface area contributed by atoms with Gasteiger partial charge in [-0.05, 0) is 38.8 Å². The normalized spacial score (nSPS) is 16.7. The zero-order valence-electron chi connectivity index (χ0n) is 17.6. The van der Waals surface area contributed by atoms with E-state index >= 15 is 0 Å². The van der Waals surface area contributed by atoms with Crippen LogP contribution in [0.5, 0.6) is 0 Å².